The minimum absolute atomic E-state index is 0. The van der Waals surface area contributed by atoms with Crippen molar-refractivity contribution < 1.29 is 44.3 Å². The summed E-state index contributed by atoms with van der Waals surface area (Å²) in [6, 6.07) is 10.8. The maximum absolute atomic E-state index is 12.7. The van der Waals surface area contributed by atoms with Crippen molar-refractivity contribution in [2.75, 3.05) is 0 Å². The number of carboxylic acid groups (broad SMARTS) is 1. The van der Waals surface area contributed by atoms with E-state index in [1.165, 1.54) is 0 Å². The fourth-order valence-electron chi connectivity index (χ4n) is 2.76. The zero-order valence-corrected chi connectivity index (χ0v) is 14.6. The van der Waals surface area contributed by atoms with Gasteiger partial charge in [0, 0.05) is 17.7 Å². The Labute approximate surface area is 150 Å². The van der Waals surface area contributed by atoms with Crippen LogP contribution in [0.2, 0.25) is 0 Å². The fourth-order valence-corrected chi connectivity index (χ4v) is 2.76. The summed E-state index contributed by atoms with van der Waals surface area (Å²) in [5.74, 6) is -1.28. The Morgan fingerprint density at radius 3 is 2.50 bits per heavy atom. The molecule has 1 aromatic carbocycles. The van der Waals surface area contributed by atoms with Gasteiger partial charge in [-0.2, -0.15) is 0 Å². The van der Waals surface area contributed by atoms with E-state index in [-0.39, 0.29) is 40.9 Å². The van der Waals surface area contributed by atoms with Gasteiger partial charge in [0.2, 0.25) is 5.78 Å². The number of ketones is 1. The maximum Gasteiger partial charge on any atom is 1.00 e. The number of carbonyl (C=O) groups excluding carboxylic acids is 2. The summed E-state index contributed by atoms with van der Waals surface area (Å²) in [7, 11) is 0. The van der Waals surface area contributed by atoms with E-state index >= 15 is 0 Å². The number of benzene rings is 1. The molecule has 1 aliphatic heterocycles. The van der Waals surface area contributed by atoms with Crippen LogP contribution in [0.15, 0.2) is 42.5 Å². The van der Waals surface area contributed by atoms with Crippen LogP contribution in [-0.2, 0) is 17.8 Å². The van der Waals surface area contributed by atoms with E-state index in [0.29, 0.717) is 29.9 Å². The quantitative estimate of drug-likeness (QED) is 0.506. The Balaban J connectivity index is 0.00000176. The van der Waals surface area contributed by atoms with Crippen LogP contribution in [0.5, 0.6) is 0 Å². The molecule has 0 unspecified atom stereocenters. The van der Waals surface area contributed by atoms with Crippen molar-refractivity contribution in [1.29, 1.82) is 0 Å². The molecule has 0 amide bonds. The van der Waals surface area contributed by atoms with Crippen LogP contribution in [0.3, 0.4) is 0 Å². The van der Waals surface area contributed by atoms with Crippen molar-refractivity contribution in [3.05, 3.63) is 65.0 Å². The summed E-state index contributed by atoms with van der Waals surface area (Å²) >= 11 is 0. The van der Waals surface area contributed by atoms with Gasteiger partial charge in [-0.05, 0) is 18.1 Å². The normalized spacial score (nSPS) is 12.3. The number of hydrogen-bond acceptors (Lipinski definition) is 3. The average Bonchev–Trinajstić information content (AvgIpc) is 3.05. The smallest absolute Gasteiger partial charge is 0.545 e. The molecule has 1 aliphatic rings. The minimum Gasteiger partial charge on any atom is -0.545 e. The summed E-state index contributed by atoms with van der Waals surface area (Å²) < 4.78 is 1.76. The Hall–Kier alpha value is -1.62. The molecule has 0 fully saturated rings. The number of allylic oxidation sites excluding steroid dienone is 1. The summed E-state index contributed by atoms with van der Waals surface area (Å²) in [5.41, 5.74) is 2.77. The molecule has 0 aliphatic carbocycles. The molecule has 0 N–H and O–H groups in total. The van der Waals surface area contributed by atoms with Crippen LogP contribution in [-0.4, -0.2) is 16.3 Å². The van der Waals surface area contributed by atoms with Crippen molar-refractivity contribution >= 4 is 17.3 Å². The van der Waals surface area contributed by atoms with Gasteiger partial charge < -0.3 is 14.5 Å². The molecule has 2 heterocycles. The van der Waals surface area contributed by atoms with E-state index < -0.39 is 5.97 Å². The summed E-state index contributed by atoms with van der Waals surface area (Å²) in [6.45, 7) is 2.35. The average molecular weight is 303 g/mol. The summed E-state index contributed by atoms with van der Waals surface area (Å²) in [4.78, 5) is 23.9. The molecule has 0 saturated carbocycles. The molecule has 3 rings (SSSR count). The topological polar surface area (TPSA) is 62.1 Å². The van der Waals surface area contributed by atoms with Crippen LogP contribution in [0.4, 0.5) is 0 Å². The third-order valence-corrected chi connectivity index (χ3v) is 3.78. The molecule has 0 saturated heterocycles. The number of carbonyl (C=O) groups is 2. The van der Waals surface area contributed by atoms with E-state index in [1.54, 1.807) is 28.8 Å². The third kappa shape index (κ3) is 2.70. The van der Waals surface area contributed by atoms with Gasteiger partial charge in [-0.15, -0.1) is 0 Å². The van der Waals surface area contributed by atoms with Gasteiger partial charge in [0.15, 0.2) is 0 Å². The number of hydrogen-bond donors (Lipinski definition) is 0. The first kappa shape index (κ1) is 16.7. The number of aromatic nitrogens is 1. The monoisotopic (exact) mass is 303 g/mol. The molecule has 0 bridgehead atoms. The predicted molar refractivity (Wildman–Crippen MR) is 76.7 cm³/mol. The minimum atomic E-state index is -1.20. The van der Waals surface area contributed by atoms with Crippen LogP contribution < -0.4 is 34.7 Å². The molecule has 106 valence electrons. The number of fused-ring (bicyclic) bond motifs is 1. The second-order valence-electron chi connectivity index (χ2n) is 4.97. The zero-order valence-electron chi connectivity index (χ0n) is 12.6. The molecular weight excluding hydrogens is 289 g/mol. The SMILES string of the molecule is CCc1cc2n(c1C(=O)c1ccccc1)CC=C2C(=O)[O-].[Na+]. The van der Waals surface area contributed by atoms with E-state index in [1.807, 2.05) is 25.1 Å². The Kier molecular flexibility index (Phi) is 5.06. The van der Waals surface area contributed by atoms with E-state index in [2.05, 4.69) is 0 Å². The summed E-state index contributed by atoms with van der Waals surface area (Å²) in [5, 5.41) is 11.1. The van der Waals surface area contributed by atoms with E-state index in [9.17, 15) is 14.7 Å². The van der Waals surface area contributed by atoms with Crippen LogP contribution in [0, 0.1) is 0 Å². The van der Waals surface area contributed by atoms with Gasteiger partial charge in [0.05, 0.1) is 17.4 Å². The first-order valence-electron chi connectivity index (χ1n) is 6.87. The first-order chi connectivity index (χ1) is 10.1. The van der Waals surface area contributed by atoms with Crippen LogP contribution in [0.25, 0.3) is 5.57 Å². The number of nitrogens with zero attached hydrogens (tertiary/aromatic N) is 1. The second kappa shape index (κ2) is 6.65. The van der Waals surface area contributed by atoms with E-state index in [0.717, 1.165) is 5.56 Å². The Morgan fingerprint density at radius 1 is 1.23 bits per heavy atom. The molecule has 0 atom stereocenters. The van der Waals surface area contributed by atoms with Gasteiger partial charge in [-0.1, -0.05) is 43.3 Å². The fraction of sp³-hybridized carbons (Fsp3) is 0.176. The number of carboxylic acids is 1. The summed E-state index contributed by atoms with van der Waals surface area (Å²) in [6.07, 6.45) is 2.26. The standard InChI is InChI=1S/C17H15NO3.Na/c1-2-11-10-14-13(17(20)21)8-9-18(14)15(11)16(19)12-6-4-3-5-7-12;/h3-8,10H,2,9H2,1H3,(H,20,21);/q;+1/p-1. The van der Waals surface area contributed by atoms with Crippen LogP contribution >= 0.6 is 0 Å². The van der Waals surface area contributed by atoms with Crippen molar-refractivity contribution in [1.82, 2.24) is 4.57 Å². The molecule has 0 spiro atoms. The molecule has 4 nitrogen and oxygen atoms in total. The molecular formula is C17H14NNaO3. The maximum atomic E-state index is 12.7. The van der Waals surface area contributed by atoms with Gasteiger partial charge in [0.1, 0.15) is 0 Å². The van der Waals surface area contributed by atoms with Crippen molar-refractivity contribution in [2.24, 2.45) is 0 Å². The van der Waals surface area contributed by atoms with Gasteiger partial charge in [-0.3, -0.25) is 4.79 Å². The zero-order chi connectivity index (χ0) is 15.0. The van der Waals surface area contributed by atoms with E-state index in [4.69, 9.17) is 0 Å². The number of rotatable bonds is 4. The second-order valence-corrected chi connectivity index (χ2v) is 4.97. The van der Waals surface area contributed by atoms with Gasteiger partial charge in [-0.25, -0.2) is 0 Å². The molecule has 2 aromatic rings. The Bertz CT molecular complexity index is 760. The van der Waals surface area contributed by atoms with Crippen LogP contribution in [0.1, 0.15) is 34.2 Å². The molecule has 22 heavy (non-hydrogen) atoms. The first-order valence-corrected chi connectivity index (χ1v) is 6.87. The van der Waals surface area contributed by atoms with Crippen molar-refractivity contribution in [3.63, 3.8) is 0 Å². The Morgan fingerprint density at radius 2 is 1.91 bits per heavy atom. The van der Waals surface area contributed by atoms with Gasteiger partial charge >= 0.3 is 29.6 Å². The van der Waals surface area contributed by atoms with Crippen molar-refractivity contribution in [3.8, 4) is 0 Å². The predicted octanol–water partition coefficient (Wildman–Crippen LogP) is -1.57. The molecule has 1 aromatic heterocycles. The number of aryl methyl sites for hydroxylation is 1. The van der Waals surface area contributed by atoms with Crippen molar-refractivity contribution in [2.45, 2.75) is 19.9 Å². The third-order valence-electron chi connectivity index (χ3n) is 3.78. The number of aliphatic carboxylic acids is 1. The largest absolute Gasteiger partial charge is 1.00 e. The molecule has 0 radical (unpaired) electrons. The molecule has 5 heteroatoms. The van der Waals surface area contributed by atoms with Gasteiger partial charge in [0.25, 0.3) is 0 Å².